The highest BCUT2D eigenvalue weighted by atomic mass is 32.2. The van der Waals surface area contributed by atoms with E-state index in [1.54, 1.807) is 62.6 Å². The number of benzene rings is 3. The molecule has 34 heavy (non-hydrogen) atoms. The molecule has 0 spiro atoms. The van der Waals surface area contributed by atoms with E-state index in [2.05, 4.69) is 9.88 Å². The van der Waals surface area contributed by atoms with Gasteiger partial charge >= 0.3 is 0 Å². The zero-order chi connectivity index (χ0) is 24.6. The van der Waals surface area contributed by atoms with Crippen LogP contribution in [-0.2, 0) is 21.5 Å². The van der Waals surface area contributed by atoms with Gasteiger partial charge in [-0.2, -0.15) is 0 Å². The standard InChI is InChI=1S/C26H30N2O5S/c1-19-9-15-24(16-10-19)34(30,31)27-17-25(26(29)22-11-13-23(32-3)14-12-22)20(2)28-33-18-21-7-5-4-6-8-21/h4-16,25-27,29H,17-18H2,1-3H3/b28-20+/t25-,26+/m0/s1. The molecule has 3 aromatic rings. The van der Waals surface area contributed by atoms with E-state index in [1.807, 2.05) is 37.3 Å². The first kappa shape index (κ1) is 25.4. The second-order valence-electron chi connectivity index (χ2n) is 7.98. The molecule has 2 N–H and O–H groups in total. The number of hydrogen-bond acceptors (Lipinski definition) is 6. The van der Waals surface area contributed by atoms with Crippen LogP contribution in [0, 0.1) is 12.8 Å². The number of nitrogens with zero attached hydrogens (tertiary/aromatic N) is 1. The smallest absolute Gasteiger partial charge is 0.240 e. The number of methoxy groups -OCH3 is 1. The Bertz CT molecular complexity index is 1180. The molecule has 3 rings (SSSR count). The van der Waals surface area contributed by atoms with Gasteiger partial charge in [0.2, 0.25) is 10.0 Å². The maximum atomic E-state index is 12.8. The molecule has 0 saturated heterocycles. The molecule has 8 heteroatoms. The summed E-state index contributed by atoms with van der Waals surface area (Å²) in [5, 5.41) is 15.3. The molecule has 0 heterocycles. The number of aliphatic hydroxyl groups is 1. The van der Waals surface area contributed by atoms with Gasteiger partial charge in [0.15, 0.2) is 0 Å². The van der Waals surface area contributed by atoms with Crippen molar-refractivity contribution in [3.63, 3.8) is 0 Å². The summed E-state index contributed by atoms with van der Waals surface area (Å²) in [6.07, 6.45) is -1.02. The molecule has 0 aliphatic carbocycles. The highest BCUT2D eigenvalue weighted by molar-refractivity contribution is 7.89. The maximum Gasteiger partial charge on any atom is 0.240 e. The van der Waals surface area contributed by atoms with E-state index in [0.717, 1.165) is 11.1 Å². The Kier molecular flexibility index (Phi) is 8.81. The number of oxime groups is 1. The lowest BCUT2D eigenvalue weighted by atomic mass is 9.92. The molecule has 0 aliphatic heterocycles. The second-order valence-corrected chi connectivity index (χ2v) is 9.75. The van der Waals surface area contributed by atoms with Crippen LogP contribution in [-0.4, -0.2) is 32.9 Å². The van der Waals surface area contributed by atoms with Crippen molar-refractivity contribution in [2.75, 3.05) is 13.7 Å². The van der Waals surface area contributed by atoms with Crippen LogP contribution in [0.15, 0.2) is 88.9 Å². The SMILES string of the molecule is COc1ccc([C@@H](O)[C@@H](CNS(=O)(=O)c2ccc(C)cc2)/C(C)=N/OCc2ccccc2)cc1. The van der Waals surface area contributed by atoms with Crippen LogP contribution in [0.4, 0.5) is 0 Å². The fourth-order valence-corrected chi connectivity index (χ4v) is 4.43. The molecule has 7 nitrogen and oxygen atoms in total. The Labute approximate surface area is 201 Å². The van der Waals surface area contributed by atoms with Gasteiger partial charge in [-0.3, -0.25) is 0 Å². The summed E-state index contributed by atoms with van der Waals surface area (Å²) in [4.78, 5) is 5.65. The fourth-order valence-electron chi connectivity index (χ4n) is 3.37. The fraction of sp³-hybridized carbons (Fsp3) is 0.269. The van der Waals surface area contributed by atoms with Gasteiger partial charge in [0, 0.05) is 12.5 Å². The predicted molar refractivity (Wildman–Crippen MR) is 132 cm³/mol. The molecule has 0 aromatic heterocycles. The maximum absolute atomic E-state index is 12.8. The Morgan fingerprint density at radius 1 is 1.00 bits per heavy atom. The van der Waals surface area contributed by atoms with Crippen molar-refractivity contribution in [3.05, 3.63) is 95.6 Å². The molecular formula is C26H30N2O5S. The minimum Gasteiger partial charge on any atom is -0.497 e. The summed E-state index contributed by atoms with van der Waals surface area (Å²) < 4.78 is 33.5. The summed E-state index contributed by atoms with van der Waals surface area (Å²) in [6.45, 7) is 3.80. The molecule has 0 saturated carbocycles. The third-order valence-corrected chi connectivity index (χ3v) is 6.92. The van der Waals surface area contributed by atoms with E-state index in [4.69, 9.17) is 9.57 Å². The number of aryl methyl sites for hydroxylation is 1. The van der Waals surface area contributed by atoms with Crippen LogP contribution in [0.3, 0.4) is 0 Å². The third-order valence-electron chi connectivity index (χ3n) is 5.48. The van der Waals surface area contributed by atoms with E-state index < -0.39 is 22.0 Å². The van der Waals surface area contributed by atoms with Crippen molar-refractivity contribution in [2.45, 2.75) is 31.5 Å². The topological polar surface area (TPSA) is 97.2 Å². The van der Waals surface area contributed by atoms with Crippen molar-refractivity contribution in [1.82, 2.24) is 4.72 Å². The molecule has 0 bridgehead atoms. The molecule has 2 atom stereocenters. The summed E-state index contributed by atoms with van der Waals surface area (Å²) in [7, 11) is -2.21. The Balaban J connectivity index is 1.79. The van der Waals surface area contributed by atoms with Crippen molar-refractivity contribution in [1.29, 1.82) is 0 Å². The zero-order valence-corrected chi connectivity index (χ0v) is 20.3. The summed E-state index contributed by atoms with van der Waals surface area (Å²) in [5.74, 6) is -0.00597. The third kappa shape index (κ3) is 6.90. The van der Waals surface area contributed by atoms with Gasteiger partial charge in [0.05, 0.1) is 23.8 Å². The Hall–Kier alpha value is -3.20. The highest BCUT2D eigenvalue weighted by Crippen LogP contribution is 2.26. The molecule has 3 aromatic carbocycles. The molecule has 0 unspecified atom stereocenters. The van der Waals surface area contributed by atoms with Crippen molar-refractivity contribution >= 4 is 15.7 Å². The lowest BCUT2D eigenvalue weighted by Crippen LogP contribution is -2.35. The first-order valence-electron chi connectivity index (χ1n) is 10.9. The Morgan fingerprint density at radius 3 is 2.26 bits per heavy atom. The Morgan fingerprint density at radius 2 is 1.65 bits per heavy atom. The van der Waals surface area contributed by atoms with E-state index in [-0.39, 0.29) is 18.0 Å². The average molecular weight is 483 g/mol. The normalized spacial score (nSPS) is 13.8. The molecule has 0 aliphatic rings. The van der Waals surface area contributed by atoms with Crippen LogP contribution >= 0.6 is 0 Å². The van der Waals surface area contributed by atoms with Crippen LogP contribution in [0.1, 0.15) is 29.7 Å². The van der Waals surface area contributed by atoms with Gasteiger partial charge < -0.3 is 14.7 Å². The van der Waals surface area contributed by atoms with Gasteiger partial charge in [0.25, 0.3) is 0 Å². The molecule has 180 valence electrons. The van der Waals surface area contributed by atoms with Crippen LogP contribution in [0.25, 0.3) is 0 Å². The van der Waals surface area contributed by atoms with Gasteiger partial charge in [-0.05, 0) is 49.2 Å². The molecule has 0 amide bonds. The number of hydrogen-bond donors (Lipinski definition) is 2. The number of rotatable bonds is 11. The molecular weight excluding hydrogens is 452 g/mol. The summed E-state index contributed by atoms with van der Waals surface area (Å²) in [5.41, 5.74) is 2.99. The first-order valence-corrected chi connectivity index (χ1v) is 12.4. The largest absolute Gasteiger partial charge is 0.497 e. The van der Waals surface area contributed by atoms with E-state index in [9.17, 15) is 13.5 Å². The van der Waals surface area contributed by atoms with Gasteiger partial charge in [0.1, 0.15) is 12.4 Å². The van der Waals surface area contributed by atoms with Gasteiger partial charge in [-0.1, -0.05) is 65.3 Å². The van der Waals surface area contributed by atoms with Crippen LogP contribution < -0.4 is 9.46 Å². The summed E-state index contributed by atoms with van der Waals surface area (Å²) >= 11 is 0. The number of nitrogens with one attached hydrogen (secondary N) is 1. The van der Waals surface area contributed by atoms with Crippen molar-refractivity contribution < 1.29 is 23.1 Å². The van der Waals surface area contributed by atoms with E-state index in [1.165, 1.54) is 0 Å². The van der Waals surface area contributed by atoms with Crippen molar-refractivity contribution in [2.24, 2.45) is 11.1 Å². The first-order chi connectivity index (χ1) is 16.3. The minimum absolute atomic E-state index is 0.0621. The lowest BCUT2D eigenvalue weighted by molar-refractivity contribution is 0.116. The number of sulfonamides is 1. The zero-order valence-electron chi connectivity index (χ0n) is 19.5. The molecule has 0 radical (unpaired) electrons. The quantitative estimate of drug-likeness (QED) is 0.315. The van der Waals surface area contributed by atoms with Crippen LogP contribution in [0.2, 0.25) is 0 Å². The van der Waals surface area contributed by atoms with Crippen molar-refractivity contribution in [3.8, 4) is 5.75 Å². The lowest BCUT2D eigenvalue weighted by Gasteiger charge is -2.23. The monoisotopic (exact) mass is 482 g/mol. The number of ether oxygens (including phenoxy) is 1. The summed E-state index contributed by atoms with van der Waals surface area (Å²) in [6, 6.07) is 23.1. The molecule has 0 fully saturated rings. The second kappa shape index (κ2) is 11.8. The highest BCUT2D eigenvalue weighted by Gasteiger charge is 2.27. The number of aliphatic hydroxyl groups excluding tert-OH is 1. The predicted octanol–water partition coefficient (Wildman–Crippen LogP) is 4.22. The average Bonchev–Trinajstić information content (AvgIpc) is 2.85. The van der Waals surface area contributed by atoms with Crippen LogP contribution in [0.5, 0.6) is 5.75 Å². The van der Waals surface area contributed by atoms with Gasteiger partial charge in [-0.25, -0.2) is 13.1 Å². The minimum atomic E-state index is -3.77. The van der Waals surface area contributed by atoms with Gasteiger partial charge in [-0.15, -0.1) is 0 Å². The van der Waals surface area contributed by atoms with E-state index >= 15 is 0 Å². The van der Waals surface area contributed by atoms with E-state index in [0.29, 0.717) is 17.0 Å².